The molecule has 0 saturated heterocycles. The number of rotatable bonds is 4. The quantitative estimate of drug-likeness (QED) is 0.823. The molecule has 0 aliphatic carbocycles. The maximum Gasteiger partial charge on any atom is 0.122 e. The summed E-state index contributed by atoms with van der Waals surface area (Å²) in [6.07, 6.45) is 0. The fraction of sp³-hybridized carbons (Fsp3) is 0.538. The summed E-state index contributed by atoms with van der Waals surface area (Å²) in [4.78, 5) is 0. The molecule has 0 aliphatic rings. The van der Waals surface area contributed by atoms with Gasteiger partial charge in [0, 0.05) is 12.0 Å². The maximum absolute atomic E-state index is 5.79. The predicted octanol–water partition coefficient (Wildman–Crippen LogP) is 2.67. The van der Waals surface area contributed by atoms with Crippen LogP contribution in [0.4, 0.5) is 0 Å². The fourth-order valence-electron chi connectivity index (χ4n) is 1.19. The highest BCUT2D eigenvalue weighted by Gasteiger charge is 2.16. The molecule has 0 fully saturated rings. The van der Waals surface area contributed by atoms with Crippen LogP contribution in [0.25, 0.3) is 0 Å². The van der Waals surface area contributed by atoms with Gasteiger partial charge in [-0.1, -0.05) is 26.0 Å². The highest BCUT2D eigenvalue weighted by Crippen LogP contribution is 2.22. The van der Waals surface area contributed by atoms with Crippen molar-refractivity contribution in [2.75, 3.05) is 13.2 Å². The van der Waals surface area contributed by atoms with Crippen molar-refractivity contribution in [3.05, 3.63) is 29.3 Å². The Labute approximate surface area is 92.4 Å². The lowest BCUT2D eigenvalue weighted by atomic mass is 9.95. The molecule has 0 aromatic heterocycles. The van der Waals surface area contributed by atoms with Crippen molar-refractivity contribution in [1.29, 1.82) is 0 Å². The first kappa shape index (κ1) is 12.1. The average molecular weight is 207 g/mol. The standard InChI is InChI=1S/C13H21NO/c1-10-5-6-11(2)12(7-10)15-9-13(3,4)8-14/h5-7H,8-9,14H2,1-4H3. The molecule has 1 rings (SSSR count). The van der Waals surface area contributed by atoms with E-state index in [0.717, 1.165) is 5.75 Å². The lowest BCUT2D eigenvalue weighted by Gasteiger charge is -2.23. The van der Waals surface area contributed by atoms with E-state index < -0.39 is 0 Å². The van der Waals surface area contributed by atoms with Crippen LogP contribution in [0.3, 0.4) is 0 Å². The fourth-order valence-corrected chi connectivity index (χ4v) is 1.19. The number of hydrogen-bond acceptors (Lipinski definition) is 2. The van der Waals surface area contributed by atoms with Gasteiger partial charge in [0.2, 0.25) is 0 Å². The smallest absolute Gasteiger partial charge is 0.122 e. The molecule has 0 unspecified atom stereocenters. The molecule has 1 aromatic carbocycles. The van der Waals surface area contributed by atoms with Crippen LogP contribution in [0.15, 0.2) is 18.2 Å². The Morgan fingerprint density at radius 3 is 2.53 bits per heavy atom. The van der Waals surface area contributed by atoms with Gasteiger partial charge >= 0.3 is 0 Å². The van der Waals surface area contributed by atoms with Crippen LogP contribution in [-0.2, 0) is 0 Å². The van der Waals surface area contributed by atoms with Gasteiger partial charge in [-0.15, -0.1) is 0 Å². The summed E-state index contributed by atoms with van der Waals surface area (Å²) in [6.45, 7) is 9.65. The lowest BCUT2D eigenvalue weighted by molar-refractivity contribution is 0.186. The van der Waals surface area contributed by atoms with Crippen LogP contribution in [0.2, 0.25) is 0 Å². The Morgan fingerprint density at radius 1 is 1.27 bits per heavy atom. The molecular weight excluding hydrogens is 186 g/mol. The molecule has 15 heavy (non-hydrogen) atoms. The summed E-state index contributed by atoms with van der Waals surface area (Å²) < 4.78 is 5.79. The highest BCUT2D eigenvalue weighted by atomic mass is 16.5. The first-order valence-electron chi connectivity index (χ1n) is 5.35. The Morgan fingerprint density at radius 2 is 1.93 bits per heavy atom. The SMILES string of the molecule is Cc1ccc(C)c(OCC(C)(C)CN)c1. The van der Waals surface area contributed by atoms with Crippen molar-refractivity contribution in [2.24, 2.45) is 11.1 Å². The van der Waals surface area contributed by atoms with E-state index in [1.54, 1.807) is 0 Å². The van der Waals surface area contributed by atoms with Gasteiger partial charge in [0.15, 0.2) is 0 Å². The van der Waals surface area contributed by atoms with Crippen LogP contribution in [0, 0.1) is 19.3 Å². The highest BCUT2D eigenvalue weighted by molar-refractivity contribution is 5.35. The molecule has 2 heteroatoms. The van der Waals surface area contributed by atoms with Gasteiger partial charge in [0.1, 0.15) is 5.75 Å². The third-order valence-corrected chi connectivity index (χ3v) is 2.51. The second-order valence-corrected chi connectivity index (χ2v) is 4.93. The summed E-state index contributed by atoms with van der Waals surface area (Å²) in [5.74, 6) is 0.969. The molecule has 0 spiro atoms. The molecule has 0 radical (unpaired) electrons. The maximum atomic E-state index is 5.79. The minimum Gasteiger partial charge on any atom is -0.493 e. The lowest BCUT2D eigenvalue weighted by Crippen LogP contribution is -2.30. The van der Waals surface area contributed by atoms with Gasteiger partial charge in [0.25, 0.3) is 0 Å². The Kier molecular flexibility index (Phi) is 3.75. The number of aryl methyl sites for hydroxylation is 2. The summed E-state index contributed by atoms with van der Waals surface area (Å²) >= 11 is 0. The molecule has 2 nitrogen and oxygen atoms in total. The zero-order chi connectivity index (χ0) is 11.5. The largest absolute Gasteiger partial charge is 0.493 e. The van der Waals surface area contributed by atoms with Gasteiger partial charge in [0.05, 0.1) is 6.61 Å². The topological polar surface area (TPSA) is 35.2 Å². The van der Waals surface area contributed by atoms with Crippen molar-refractivity contribution in [3.8, 4) is 5.75 Å². The van der Waals surface area contributed by atoms with Gasteiger partial charge in [-0.2, -0.15) is 0 Å². The normalized spacial score (nSPS) is 11.5. The molecule has 84 valence electrons. The Bertz CT molecular complexity index is 331. The van der Waals surface area contributed by atoms with Crippen molar-refractivity contribution in [3.63, 3.8) is 0 Å². The Hall–Kier alpha value is -1.02. The summed E-state index contributed by atoms with van der Waals surface area (Å²) in [6, 6.07) is 6.25. The van der Waals surface area contributed by atoms with E-state index in [1.165, 1.54) is 11.1 Å². The third kappa shape index (κ3) is 3.56. The van der Waals surface area contributed by atoms with Crippen LogP contribution >= 0.6 is 0 Å². The van der Waals surface area contributed by atoms with Crippen LogP contribution < -0.4 is 10.5 Å². The molecule has 0 bridgehead atoms. The van der Waals surface area contributed by atoms with E-state index in [-0.39, 0.29) is 5.41 Å². The van der Waals surface area contributed by atoms with Crippen molar-refractivity contribution < 1.29 is 4.74 Å². The van der Waals surface area contributed by atoms with Gasteiger partial charge in [-0.05, 0) is 31.0 Å². The number of hydrogen-bond donors (Lipinski definition) is 1. The molecule has 0 heterocycles. The zero-order valence-corrected chi connectivity index (χ0v) is 10.1. The minimum absolute atomic E-state index is 0.0379. The van der Waals surface area contributed by atoms with Crippen molar-refractivity contribution in [1.82, 2.24) is 0 Å². The number of nitrogens with two attached hydrogens (primary N) is 1. The molecule has 1 aromatic rings. The second-order valence-electron chi connectivity index (χ2n) is 4.93. The van der Waals surface area contributed by atoms with Crippen LogP contribution in [-0.4, -0.2) is 13.2 Å². The van der Waals surface area contributed by atoms with Crippen LogP contribution in [0.5, 0.6) is 5.75 Å². The average Bonchev–Trinajstić information content (AvgIpc) is 2.20. The monoisotopic (exact) mass is 207 g/mol. The number of benzene rings is 1. The molecule has 0 atom stereocenters. The number of ether oxygens (including phenoxy) is 1. The van der Waals surface area contributed by atoms with Gasteiger partial charge < -0.3 is 10.5 Å². The predicted molar refractivity (Wildman–Crippen MR) is 64.2 cm³/mol. The first-order chi connectivity index (χ1) is 6.94. The first-order valence-corrected chi connectivity index (χ1v) is 5.35. The van der Waals surface area contributed by atoms with E-state index in [0.29, 0.717) is 13.2 Å². The van der Waals surface area contributed by atoms with Crippen LogP contribution in [0.1, 0.15) is 25.0 Å². The van der Waals surface area contributed by atoms with Gasteiger partial charge in [-0.25, -0.2) is 0 Å². The van der Waals surface area contributed by atoms with Crippen molar-refractivity contribution >= 4 is 0 Å². The molecule has 0 aliphatic heterocycles. The van der Waals surface area contributed by atoms with E-state index >= 15 is 0 Å². The summed E-state index contributed by atoms with van der Waals surface area (Å²) in [5.41, 5.74) is 8.09. The van der Waals surface area contributed by atoms with Crippen molar-refractivity contribution in [2.45, 2.75) is 27.7 Å². The van der Waals surface area contributed by atoms with E-state index in [4.69, 9.17) is 10.5 Å². The summed E-state index contributed by atoms with van der Waals surface area (Å²) in [5, 5.41) is 0. The zero-order valence-electron chi connectivity index (χ0n) is 10.1. The summed E-state index contributed by atoms with van der Waals surface area (Å²) in [7, 11) is 0. The molecule has 0 saturated carbocycles. The minimum atomic E-state index is 0.0379. The van der Waals surface area contributed by atoms with Gasteiger partial charge in [-0.3, -0.25) is 0 Å². The molecule has 0 amide bonds. The van der Waals surface area contributed by atoms with E-state index in [2.05, 4.69) is 45.9 Å². The van der Waals surface area contributed by atoms with E-state index in [1.807, 2.05) is 0 Å². The molecular formula is C13H21NO. The molecule has 2 N–H and O–H groups in total. The van der Waals surface area contributed by atoms with E-state index in [9.17, 15) is 0 Å². The Balaban J connectivity index is 2.69. The second kappa shape index (κ2) is 4.67. The third-order valence-electron chi connectivity index (χ3n) is 2.51.